The zero-order valence-corrected chi connectivity index (χ0v) is 16.5. The van der Waals surface area contributed by atoms with E-state index in [1.54, 1.807) is 23.7 Å². The average molecular weight is 385 g/mol. The molecule has 0 unspecified atom stereocenters. The topological polar surface area (TPSA) is 81.8 Å². The monoisotopic (exact) mass is 385 g/mol. The Balaban J connectivity index is 1.71. The number of nitrogens with one attached hydrogen (secondary N) is 1. The minimum atomic E-state index is -0.317. The summed E-state index contributed by atoms with van der Waals surface area (Å²) in [6.45, 7) is 8.26. The van der Waals surface area contributed by atoms with Crippen LogP contribution >= 0.6 is 0 Å². The van der Waals surface area contributed by atoms with Crippen molar-refractivity contribution >= 4 is 16.9 Å². The third-order valence-electron chi connectivity index (χ3n) is 4.48. The van der Waals surface area contributed by atoms with Crippen molar-refractivity contribution in [2.75, 3.05) is 0 Å². The van der Waals surface area contributed by atoms with Crippen LogP contribution in [0.15, 0.2) is 35.3 Å². The Morgan fingerprint density at radius 1 is 1.21 bits per heavy atom. The zero-order valence-electron chi connectivity index (χ0n) is 16.5. The van der Waals surface area contributed by atoms with Gasteiger partial charge in [-0.2, -0.15) is 5.10 Å². The van der Waals surface area contributed by atoms with Crippen LogP contribution in [0.3, 0.4) is 0 Å². The van der Waals surface area contributed by atoms with Crippen LogP contribution in [0.1, 0.15) is 38.6 Å². The predicted octanol–water partition coefficient (Wildman–Crippen LogP) is 2.50. The molecule has 28 heavy (non-hydrogen) atoms. The fraction of sp³-hybridized carbons (Fsp3) is 0.400. The fourth-order valence-electron chi connectivity index (χ4n) is 2.97. The van der Waals surface area contributed by atoms with E-state index in [0.29, 0.717) is 23.4 Å². The van der Waals surface area contributed by atoms with Gasteiger partial charge in [-0.1, -0.05) is 12.1 Å². The van der Waals surface area contributed by atoms with Crippen LogP contribution in [0, 0.1) is 12.7 Å². The average Bonchev–Trinajstić information content (AvgIpc) is 3.05. The van der Waals surface area contributed by atoms with Crippen LogP contribution in [0.2, 0.25) is 0 Å². The number of hydrogen-bond donors (Lipinski definition) is 1. The van der Waals surface area contributed by atoms with E-state index in [2.05, 4.69) is 15.4 Å². The number of aryl methyl sites for hydroxylation is 1. The molecule has 0 aliphatic rings. The van der Waals surface area contributed by atoms with Gasteiger partial charge in [0.25, 0.3) is 5.56 Å². The Labute approximate surface area is 162 Å². The van der Waals surface area contributed by atoms with Crippen LogP contribution in [0.5, 0.6) is 0 Å². The molecule has 1 aromatic carbocycles. The van der Waals surface area contributed by atoms with Crippen molar-refractivity contribution in [3.05, 3.63) is 58.0 Å². The lowest BCUT2D eigenvalue weighted by molar-refractivity contribution is -0.121. The molecule has 0 saturated heterocycles. The number of fused-ring (bicyclic) bond motifs is 1. The summed E-state index contributed by atoms with van der Waals surface area (Å²) in [4.78, 5) is 29.5. The molecule has 0 bridgehead atoms. The summed E-state index contributed by atoms with van der Waals surface area (Å²) in [6, 6.07) is 5.94. The van der Waals surface area contributed by atoms with E-state index in [4.69, 9.17) is 0 Å². The standard InChI is InChI=1S/C20H24FN5O2/c1-13-24-18-16(12-23-26(18)20(2,3)4)19(28)25(13)10-9-17(27)22-11-14-5-7-15(21)8-6-14/h5-8,12H,9-11H2,1-4H3,(H,22,27). The van der Waals surface area contributed by atoms with Gasteiger partial charge < -0.3 is 5.32 Å². The summed E-state index contributed by atoms with van der Waals surface area (Å²) < 4.78 is 16.1. The van der Waals surface area contributed by atoms with Crippen molar-refractivity contribution in [3.8, 4) is 0 Å². The van der Waals surface area contributed by atoms with Crippen LogP contribution in [0.25, 0.3) is 11.0 Å². The molecule has 0 radical (unpaired) electrons. The summed E-state index contributed by atoms with van der Waals surface area (Å²) >= 11 is 0. The summed E-state index contributed by atoms with van der Waals surface area (Å²) in [7, 11) is 0. The maximum atomic E-state index is 12.9. The first-order valence-corrected chi connectivity index (χ1v) is 9.13. The quantitative estimate of drug-likeness (QED) is 0.732. The third-order valence-corrected chi connectivity index (χ3v) is 4.48. The lowest BCUT2D eigenvalue weighted by atomic mass is 10.1. The van der Waals surface area contributed by atoms with Crippen LogP contribution in [-0.4, -0.2) is 25.2 Å². The van der Waals surface area contributed by atoms with Crippen molar-refractivity contribution in [2.45, 2.75) is 52.7 Å². The van der Waals surface area contributed by atoms with Crippen molar-refractivity contribution in [1.29, 1.82) is 0 Å². The molecule has 2 aromatic heterocycles. The lowest BCUT2D eigenvalue weighted by Crippen LogP contribution is -2.29. The van der Waals surface area contributed by atoms with Crippen LogP contribution < -0.4 is 10.9 Å². The Kier molecular flexibility index (Phi) is 5.31. The van der Waals surface area contributed by atoms with Gasteiger partial charge in [0.15, 0.2) is 5.65 Å². The van der Waals surface area contributed by atoms with Crippen molar-refractivity contribution < 1.29 is 9.18 Å². The number of halogens is 1. The van der Waals surface area contributed by atoms with Crippen molar-refractivity contribution in [3.63, 3.8) is 0 Å². The van der Waals surface area contributed by atoms with Gasteiger partial charge in [-0.05, 0) is 45.4 Å². The highest BCUT2D eigenvalue weighted by Gasteiger charge is 2.21. The Hall–Kier alpha value is -3.03. The molecule has 0 spiro atoms. The molecule has 2 heterocycles. The number of carbonyl (C=O) groups excluding carboxylic acids is 1. The Morgan fingerprint density at radius 3 is 2.54 bits per heavy atom. The van der Waals surface area contributed by atoms with Gasteiger partial charge in [-0.25, -0.2) is 14.1 Å². The summed E-state index contributed by atoms with van der Waals surface area (Å²) in [5, 5.41) is 7.52. The fourth-order valence-corrected chi connectivity index (χ4v) is 2.97. The molecule has 1 amide bonds. The molecule has 0 aliphatic heterocycles. The van der Waals surface area contributed by atoms with Gasteiger partial charge in [0, 0.05) is 19.5 Å². The van der Waals surface area contributed by atoms with Gasteiger partial charge in [0.2, 0.25) is 5.91 Å². The number of aromatic nitrogens is 4. The number of rotatable bonds is 5. The summed E-state index contributed by atoms with van der Waals surface area (Å²) in [5.41, 5.74) is 0.859. The Morgan fingerprint density at radius 2 is 1.89 bits per heavy atom. The van der Waals surface area contributed by atoms with Crippen LogP contribution in [0.4, 0.5) is 4.39 Å². The smallest absolute Gasteiger partial charge is 0.264 e. The minimum Gasteiger partial charge on any atom is -0.352 e. The first kappa shape index (κ1) is 19.7. The molecule has 1 N–H and O–H groups in total. The van der Waals surface area contributed by atoms with Gasteiger partial charge >= 0.3 is 0 Å². The second-order valence-electron chi connectivity index (χ2n) is 7.73. The second kappa shape index (κ2) is 7.53. The highest BCUT2D eigenvalue weighted by Crippen LogP contribution is 2.18. The van der Waals surface area contributed by atoms with E-state index in [9.17, 15) is 14.0 Å². The normalized spacial score (nSPS) is 11.8. The van der Waals surface area contributed by atoms with Gasteiger partial charge in [0.1, 0.15) is 17.0 Å². The van der Waals surface area contributed by atoms with Crippen molar-refractivity contribution in [2.24, 2.45) is 0 Å². The van der Waals surface area contributed by atoms with E-state index in [1.165, 1.54) is 22.9 Å². The molecule has 3 rings (SSSR count). The SMILES string of the molecule is Cc1nc2c(cnn2C(C)(C)C)c(=O)n1CCC(=O)NCc1ccc(F)cc1. The summed E-state index contributed by atoms with van der Waals surface area (Å²) in [5.74, 6) is 0.0264. The highest BCUT2D eigenvalue weighted by molar-refractivity contribution is 5.76. The molecule has 7 nitrogen and oxygen atoms in total. The lowest BCUT2D eigenvalue weighted by Gasteiger charge is -2.20. The van der Waals surface area contributed by atoms with E-state index in [1.807, 2.05) is 20.8 Å². The third kappa shape index (κ3) is 4.11. The molecule has 8 heteroatoms. The minimum absolute atomic E-state index is 0.141. The molecule has 0 atom stereocenters. The maximum Gasteiger partial charge on any atom is 0.264 e. The largest absolute Gasteiger partial charge is 0.352 e. The van der Waals surface area contributed by atoms with Gasteiger partial charge in [-0.15, -0.1) is 0 Å². The molecular weight excluding hydrogens is 361 g/mol. The van der Waals surface area contributed by atoms with Gasteiger partial charge in [-0.3, -0.25) is 14.2 Å². The van der Waals surface area contributed by atoms with Crippen molar-refractivity contribution in [1.82, 2.24) is 24.6 Å². The molecule has 3 aromatic rings. The number of nitrogens with zero attached hydrogens (tertiary/aromatic N) is 4. The first-order valence-electron chi connectivity index (χ1n) is 9.13. The first-order chi connectivity index (χ1) is 13.2. The summed E-state index contributed by atoms with van der Waals surface area (Å²) in [6.07, 6.45) is 1.67. The van der Waals surface area contributed by atoms with E-state index < -0.39 is 0 Å². The number of amides is 1. The van der Waals surface area contributed by atoms with Crippen LogP contribution in [-0.2, 0) is 23.4 Å². The predicted molar refractivity (Wildman–Crippen MR) is 104 cm³/mol. The molecule has 0 saturated carbocycles. The maximum absolute atomic E-state index is 12.9. The van der Waals surface area contributed by atoms with E-state index in [-0.39, 0.29) is 35.8 Å². The highest BCUT2D eigenvalue weighted by atomic mass is 19.1. The Bertz CT molecular complexity index is 1060. The zero-order chi connectivity index (χ0) is 20.5. The van der Waals surface area contributed by atoms with E-state index in [0.717, 1.165) is 5.56 Å². The number of hydrogen-bond acceptors (Lipinski definition) is 4. The molecule has 148 valence electrons. The number of benzene rings is 1. The molecule has 0 aliphatic carbocycles. The molecule has 0 fully saturated rings. The van der Waals surface area contributed by atoms with E-state index >= 15 is 0 Å². The number of carbonyl (C=O) groups is 1. The van der Waals surface area contributed by atoms with Gasteiger partial charge in [0.05, 0.1) is 11.7 Å². The second-order valence-corrected chi connectivity index (χ2v) is 7.73. The molecular formula is C20H24FN5O2.